The lowest BCUT2D eigenvalue weighted by atomic mass is 10.0. The van der Waals surface area contributed by atoms with Crippen molar-refractivity contribution in [3.63, 3.8) is 0 Å². The summed E-state index contributed by atoms with van der Waals surface area (Å²) in [5, 5.41) is 13.0. The molecule has 3 aromatic rings. The van der Waals surface area contributed by atoms with Crippen LogP contribution in [0.4, 0.5) is 5.69 Å². The Morgan fingerprint density at radius 3 is 1.77 bits per heavy atom. The maximum absolute atomic E-state index is 9.60. The van der Waals surface area contributed by atoms with Crippen molar-refractivity contribution in [1.29, 1.82) is 0 Å². The molecule has 2 N–H and O–H groups in total. The highest BCUT2D eigenvalue weighted by atomic mass is 127. The van der Waals surface area contributed by atoms with Crippen molar-refractivity contribution in [2.75, 3.05) is 65.1 Å². The second-order valence-electron chi connectivity index (χ2n) is 10.7. The number of aliphatic hydroxyl groups is 1. The first kappa shape index (κ1) is 32.6. The van der Waals surface area contributed by atoms with Gasteiger partial charge >= 0.3 is 0 Å². The van der Waals surface area contributed by atoms with E-state index in [0.29, 0.717) is 13.0 Å². The van der Waals surface area contributed by atoms with Crippen LogP contribution in [0.3, 0.4) is 0 Å². The third-order valence-corrected chi connectivity index (χ3v) is 9.31. The van der Waals surface area contributed by atoms with Crippen LogP contribution in [0.25, 0.3) is 0 Å². The van der Waals surface area contributed by atoms with Crippen LogP contribution < -0.4 is 24.4 Å². The van der Waals surface area contributed by atoms with Gasteiger partial charge in [0.2, 0.25) is 0 Å². The molecule has 1 fully saturated rings. The van der Waals surface area contributed by atoms with E-state index in [1.807, 2.05) is 24.3 Å². The largest absolute Gasteiger partial charge is 0.493 e. The van der Waals surface area contributed by atoms with Crippen LogP contribution in [0.5, 0.6) is 17.2 Å². The molecule has 3 unspecified atom stereocenters. The van der Waals surface area contributed by atoms with Crippen molar-refractivity contribution in [3.8, 4) is 17.2 Å². The van der Waals surface area contributed by atoms with Crippen LogP contribution in [0, 0.1) is 7.14 Å². The van der Waals surface area contributed by atoms with Crippen molar-refractivity contribution in [1.82, 2.24) is 5.32 Å². The van der Waals surface area contributed by atoms with Crippen LogP contribution in [0.1, 0.15) is 54.3 Å². The number of fused-ring (bicyclic) bond motifs is 3. The second kappa shape index (κ2) is 15.9. The Labute approximate surface area is 281 Å². The summed E-state index contributed by atoms with van der Waals surface area (Å²) in [6, 6.07) is 18.5. The highest BCUT2D eigenvalue weighted by molar-refractivity contribution is 14.1. The molecule has 0 aromatic heterocycles. The molecule has 0 saturated carbocycles. The predicted octanol–water partition coefficient (Wildman–Crippen LogP) is 6.43. The van der Waals surface area contributed by atoms with E-state index in [-0.39, 0.29) is 18.3 Å². The van der Waals surface area contributed by atoms with Crippen molar-refractivity contribution in [2.45, 2.75) is 37.6 Å². The summed E-state index contributed by atoms with van der Waals surface area (Å²) < 4.78 is 29.9. The topological polar surface area (TPSA) is 81.7 Å². The van der Waals surface area contributed by atoms with Gasteiger partial charge in [-0.2, -0.15) is 0 Å². The van der Waals surface area contributed by atoms with E-state index >= 15 is 0 Å². The number of nitrogens with zero attached hydrogens (tertiary/aromatic N) is 1. The normalized spacial score (nSPS) is 22.0. The fourth-order valence-electron chi connectivity index (χ4n) is 5.64. The number of aliphatic hydroxyl groups excluding tert-OH is 1. The fraction of sp³-hybridized carbons (Fsp3) is 0.455. The average molecular weight is 814 g/mol. The number of hydrogen-bond acceptors (Lipinski definition) is 8. The zero-order valence-corrected chi connectivity index (χ0v) is 29.0. The van der Waals surface area contributed by atoms with Crippen LogP contribution in [-0.4, -0.2) is 65.3 Å². The molecule has 0 aliphatic carbocycles. The molecule has 10 heteroatoms. The van der Waals surface area contributed by atoms with E-state index in [0.717, 1.165) is 78.6 Å². The van der Waals surface area contributed by atoms with E-state index < -0.39 is 0 Å². The minimum absolute atomic E-state index is 0.177. The van der Waals surface area contributed by atoms with Gasteiger partial charge in [-0.3, -0.25) is 0 Å². The second-order valence-corrected chi connectivity index (χ2v) is 13.2. The lowest BCUT2D eigenvalue weighted by Gasteiger charge is -2.31. The Kier molecular flexibility index (Phi) is 12.1. The van der Waals surface area contributed by atoms with Crippen molar-refractivity contribution in [2.24, 2.45) is 0 Å². The van der Waals surface area contributed by atoms with Gasteiger partial charge in [0.15, 0.2) is 0 Å². The van der Waals surface area contributed by atoms with Gasteiger partial charge in [-0.05, 0) is 99.8 Å². The fourth-order valence-corrected chi connectivity index (χ4v) is 6.67. The summed E-state index contributed by atoms with van der Waals surface area (Å²) in [6.45, 7) is 6.37. The summed E-state index contributed by atoms with van der Waals surface area (Å²) in [7, 11) is 3.52. The first-order valence-corrected chi connectivity index (χ1v) is 16.9. The van der Waals surface area contributed by atoms with E-state index in [2.05, 4.69) is 85.7 Å². The Balaban J connectivity index is 0.000000132. The summed E-state index contributed by atoms with van der Waals surface area (Å²) in [6.07, 6.45) is 2.63. The van der Waals surface area contributed by atoms with E-state index in [4.69, 9.17) is 23.7 Å². The number of benzene rings is 3. The SMILES string of the molecule is COC1CCOc2ccc(I)cc21.COC1CCOc2ccc(N3CCNCC3)cc21.OC1CCOc2ccc(I)cc21. The van der Waals surface area contributed by atoms with Gasteiger partial charge in [0, 0.05) is 89.2 Å². The third-order valence-electron chi connectivity index (χ3n) is 7.97. The minimum atomic E-state index is -0.344. The smallest absolute Gasteiger partial charge is 0.125 e. The molecule has 1 saturated heterocycles. The zero-order chi connectivity index (χ0) is 30.2. The third kappa shape index (κ3) is 8.46. The molecule has 8 nitrogen and oxygen atoms in total. The Morgan fingerprint density at radius 1 is 0.698 bits per heavy atom. The van der Waals surface area contributed by atoms with E-state index in [1.165, 1.54) is 20.4 Å². The predicted molar refractivity (Wildman–Crippen MR) is 185 cm³/mol. The molecule has 0 bridgehead atoms. The van der Waals surface area contributed by atoms with Gasteiger partial charge in [-0.1, -0.05) is 0 Å². The molecule has 0 radical (unpaired) electrons. The number of anilines is 1. The number of halogens is 2. The van der Waals surface area contributed by atoms with Crippen molar-refractivity contribution in [3.05, 3.63) is 78.4 Å². The Hall–Kier alpha value is -1.84. The summed E-state index contributed by atoms with van der Waals surface area (Å²) in [5.41, 5.74) is 4.58. The molecule has 3 aromatic carbocycles. The minimum Gasteiger partial charge on any atom is -0.493 e. The monoisotopic (exact) mass is 814 g/mol. The van der Waals surface area contributed by atoms with Gasteiger partial charge in [0.1, 0.15) is 17.2 Å². The molecule has 7 rings (SSSR count). The average Bonchev–Trinajstić information content (AvgIpc) is 3.05. The molecule has 4 heterocycles. The summed E-state index contributed by atoms with van der Waals surface area (Å²) in [4.78, 5) is 2.41. The molecule has 43 heavy (non-hydrogen) atoms. The summed E-state index contributed by atoms with van der Waals surface area (Å²) >= 11 is 4.53. The lowest BCUT2D eigenvalue weighted by molar-refractivity contribution is 0.0635. The molecule has 3 atom stereocenters. The number of ether oxygens (including phenoxy) is 5. The zero-order valence-electron chi connectivity index (χ0n) is 24.7. The lowest BCUT2D eigenvalue weighted by Crippen LogP contribution is -2.43. The molecule has 4 aliphatic rings. The number of hydrogen-bond donors (Lipinski definition) is 2. The maximum atomic E-state index is 9.60. The molecule has 4 aliphatic heterocycles. The standard InChI is InChI=1S/C14H20N2O2.C10H11IO2.C9H9IO2/c1-17-13-4-9-18-14-3-2-11(10-12(13)14)16-7-5-15-6-8-16;1-12-9-4-5-13-10-3-2-7(11)6-8(9)10;10-6-1-2-9-7(5-6)8(11)3-4-12-9/h2-3,10,13,15H,4-9H2,1H3;2-3,6,9H,4-5H2,1H3;1-2,5,8,11H,3-4H2. The van der Waals surface area contributed by atoms with Gasteiger partial charge < -0.3 is 39.0 Å². The number of piperazine rings is 1. The Morgan fingerprint density at radius 2 is 1.19 bits per heavy atom. The van der Waals surface area contributed by atoms with E-state index in [9.17, 15) is 5.11 Å². The van der Waals surface area contributed by atoms with Crippen LogP contribution in [0.2, 0.25) is 0 Å². The van der Waals surface area contributed by atoms with E-state index in [1.54, 1.807) is 14.2 Å². The first-order chi connectivity index (χ1) is 21.0. The van der Waals surface area contributed by atoms with Gasteiger partial charge in [0.25, 0.3) is 0 Å². The Bertz CT molecular complexity index is 1350. The quantitative estimate of drug-likeness (QED) is 0.293. The first-order valence-electron chi connectivity index (χ1n) is 14.8. The number of methoxy groups -OCH3 is 2. The summed E-state index contributed by atoms with van der Waals surface area (Å²) in [5.74, 6) is 2.78. The van der Waals surface area contributed by atoms with Gasteiger partial charge in [0.05, 0.1) is 38.1 Å². The van der Waals surface area contributed by atoms with Crippen LogP contribution in [0.15, 0.2) is 54.6 Å². The maximum Gasteiger partial charge on any atom is 0.125 e. The molecule has 0 amide bonds. The van der Waals surface area contributed by atoms with Gasteiger partial charge in [-0.15, -0.1) is 0 Å². The van der Waals surface area contributed by atoms with Crippen molar-refractivity contribution < 1.29 is 28.8 Å². The number of nitrogens with one attached hydrogen (secondary N) is 1. The van der Waals surface area contributed by atoms with Gasteiger partial charge in [-0.25, -0.2) is 0 Å². The highest BCUT2D eigenvalue weighted by Gasteiger charge is 2.23. The molecular weight excluding hydrogens is 774 g/mol. The van der Waals surface area contributed by atoms with Crippen LogP contribution in [-0.2, 0) is 9.47 Å². The number of rotatable bonds is 3. The highest BCUT2D eigenvalue weighted by Crippen LogP contribution is 2.37. The van der Waals surface area contributed by atoms with Crippen LogP contribution >= 0.6 is 45.2 Å². The molecule has 0 spiro atoms. The molecular formula is C33H40I2N2O6. The molecule has 232 valence electrons. The van der Waals surface area contributed by atoms with Crippen molar-refractivity contribution >= 4 is 50.9 Å².